The number of urea groups is 1. The smallest absolute Gasteiger partial charge is 0.317 e. The summed E-state index contributed by atoms with van der Waals surface area (Å²) in [6, 6.07) is 6.79. The number of hydrogen-bond donors (Lipinski definition) is 2. The lowest BCUT2D eigenvalue weighted by Crippen LogP contribution is -2.54. The van der Waals surface area contributed by atoms with Crippen molar-refractivity contribution in [3.8, 4) is 22.6 Å². The number of carbonyl (C=O) groups excluding carboxylic acids is 5. The van der Waals surface area contributed by atoms with Gasteiger partial charge in [0.25, 0.3) is 17.4 Å². The minimum atomic E-state index is -0.977. The van der Waals surface area contributed by atoms with Crippen LogP contribution in [0.2, 0.25) is 0 Å². The summed E-state index contributed by atoms with van der Waals surface area (Å²) in [5.74, 6) is -0.568. The van der Waals surface area contributed by atoms with Crippen LogP contribution in [0.5, 0.6) is 11.5 Å². The van der Waals surface area contributed by atoms with Crippen molar-refractivity contribution in [2.24, 2.45) is 7.05 Å². The van der Waals surface area contributed by atoms with Gasteiger partial charge >= 0.3 is 6.03 Å². The van der Waals surface area contributed by atoms with Gasteiger partial charge in [-0.1, -0.05) is 0 Å². The fourth-order valence-electron chi connectivity index (χ4n) is 8.99. The van der Waals surface area contributed by atoms with Crippen molar-refractivity contribution in [1.82, 2.24) is 34.8 Å². The number of amides is 6. The van der Waals surface area contributed by atoms with Crippen LogP contribution in [0, 0.1) is 0 Å². The molecule has 0 bridgehead atoms. The van der Waals surface area contributed by atoms with Crippen LogP contribution in [0.15, 0.2) is 35.3 Å². The van der Waals surface area contributed by atoms with E-state index in [0.29, 0.717) is 66.8 Å². The molecule has 5 aliphatic heterocycles. The molecule has 15 nitrogen and oxygen atoms in total. The highest BCUT2D eigenvalue weighted by atomic mass is 16.5. The number of fused-ring (bicyclic) bond motifs is 3. The lowest BCUT2D eigenvalue weighted by Gasteiger charge is -2.37. The van der Waals surface area contributed by atoms with Crippen LogP contribution < -0.4 is 25.7 Å². The van der Waals surface area contributed by atoms with Crippen molar-refractivity contribution >= 4 is 29.7 Å². The molecule has 1 atom stereocenters. The quantitative estimate of drug-likeness (QED) is 0.342. The molecule has 2 N–H and O–H groups in total. The summed E-state index contributed by atoms with van der Waals surface area (Å²) in [7, 11) is 6.62. The first kappa shape index (κ1) is 36.4. The highest BCUT2D eigenvalue weighted by Crippen LogP contribution is 2.40. The highest BCUT2D eigenvalue weighted by Gasteiger charge is 2.45. The van der Waals surface area contributed by atoms with E-state index < -0.39 is 29.7 Å². The molecule has 3 aromatic rings. The number of piperidine rings is 2. The fourth-order valence-corrected chi connectivity index (χ4v) is 8.99. The third kappa shape index (κ3) is 6.34. The molecule has 1 aromatic heterocycles. The predicted molar refractivity (Wildman–Crippen MR) is 199 cm³/mol. The normalized spacial score (nSPS) is 20.3. The summed E-state index contributed by atoms with van der Waals surface area (Å²) >= 11 is 0. The maximum Gasteiger partial charge on any atom is 0.317 e. The molecule has 5 aliphatic rings. The van der Waals surface area contributed by atoms with Crippen LogP contribution in [0.1, 0.15) is 74.2 Å². The predicted octanol–water partition coefficient (Wildman–Crippen LogP) is 2.15. The summed E-state index contributed by atoms with van der Waals surface area (Å²) in [4.78, 5) is 84.0. The van der Waals surface area contributed by atoms with Gasteiger partial charge in [0.1, 0.15) is 17.5 Å². The Kier molecular flexibility index (Phi) is 9.45. The first-order valence-electron chi connectivity index (χ1n) is 18.8. The molecule has 8 rings (SSSR count). The van der Waals surface area contributed by atoms with E-state index in [9.17, 15) is 28.8 Å². The molecule has 0 aliphatic carbocycles. The second-order valence-electron chi connectivity index (χ2n) is 15.0. The number of carbonyl (C=O) groups is 5. The van der Waals surface area contributed by atoms with Gasteiger partial charge in [0.15, 0.2) is 0 Å². The van der Waals surface area contributed by atoms with E-state index in [4.69, 9.17) is 9.47 Å². The Hall–Kier alpha value is -5.54. The van der Waals surface area contributed by atoms with Crippen LogP contribution in [0.25, 0.3) is 11.1 Å². The molecule has 2 aromatic carbocycles. The number of imide groups is 2. The van der Waals surface area contributed by atoms with Crippen molar-refractivity contribution in [2.45, 2.75) is 70.4 Å². The molecule has 1 unspecified atom stereocenters. The van der Waals surface area contributed by atoms with Crippen LogP contribution in [-0.2, 0) is 49.2 Å². The highest BCUT2D eigenvalue weighted by molar-refractivity contribution is 6.23. The van der Waals surface area contributed by atoms with Crippen molar-refractivity contribution in [3.05, 3.63) is 79.8 Å². The van der Waals surface area contributed by atoms with Gasteiger partial charge in [0.05, 0.1) is 37.5 Å². The summed E-state index contributed by atoms with van der Waals surface area (Å²) in [6.45, 7) is 4.45. The number of pyridine rings is 1. The standard InChI is InChI=1S/C40H45N7O8/c1-41-40(53)45-12-9-26-29(19-43(2)37(50)30(26)21-45)22-15-33(54-3)31(34(16-22)55-4)20-44-10-7-25(8-11-44)46-17-23-13-27-28(14-24(23)18-46)39(52)47(38(27)51)32-5-6-35(48)42-36(32)49/h13-16,19,25,32H,5-12,17-18,20-21H2,1-4H3,(H,41,53)(H,42,48,49). The Bertz CT molecular complexity index is 2140. The van der Waals surface area contributed by atoms with Gasteiger partial charge in [-0.25, -0.2) is 4.79 Å². The van der Waals surface area contributed by atoms with Crippen molar-refractivity contribution < 1.29 is 33.4 Å². The fraction of sp³-hybridized carbons (Fsp3) is 0.450. The minimum Gasteiger partial charge on any atom is -0.496 e. The maximum atomic E-state index is 13.4. The number of nitrogens with one attached hydrogen (secondary N) is 2. The van der Waals surface area contributed by atoms with E-state index >= 15 is 0 Å². The largest absolute Gasteiger partial charge is 0.496 e. The number of aromatic nitrogens is 1. The lowest BCUT2D eigenvalue weighted by molar-refractivity contribution is -0.136. The van der Waals surface area contributed by atoms with Gasteiger partial charge in [0.2, 0.25) is 11.8 Å². The van der Waals surface area contributed by atoms with E-state index in [-0.39, 0.29) is 31.0 Å². The molecular weight excluding hydrogens is 706 g/mol. The number of rotatable bonds is 7. The monoisotopic (exact) mass is 751 g/mol. The number of aryl methyl sites for hydroxylation is 1. The van der Waals surface area contributed by atoms with Crippen LogP contribution >= 0.6 is 0 Å². The first-order chi connectivity index (χ1) is 26.5. The second kappa shape index (κ2) is 14.3. The maximum absolute atomic E-state index is 13.4. The average Bonchev–Trinajstić information content (AvgIpc) is 3.72. The third-order valence-corrected chi connectivity index (χ3v) is 12.0. The summed E-state index contributed by atoms with van der Waals surface area (Å²) < 4.78 is 13.5. The molecule has 0 radical (unpaired) electrons. The van der Waals surface area contributed by atoms with Gasteiger partial charge in [-0.05, 0) is 85.3 Å². The van der Waals surface area contributed by atoms with E-state index in [1.54, 1.807) is 37.8 Å². The number of likely N-dealkylation sites (tertiary alicyclic amines) is 1. The van der Waals surface area contributed by atoms with Crippen LogP contribution in [-0.4, -0.2) is 107 Å². The molecule has 15 heteroatoms. The van der Waals surface area contributed by atoms with E-state index in [0.717, 1.165) is 64.2 Å². The Morgan fingerprint density at radius 2 is 1.45 bits per heavy atom. The molecule has 55 heavy (non-hydrogen) atoms. The van der Waals surface area contributed by atoms with Crippen LogP contribution in [0.4, 0.5) is 4.79 Å². The zero-order valence-corrected chi connectivity index (χ0v) is 31.5. The molecule has 2 saturated heterocycles. The average molecular weight is 752 g/mol. The second-order valence-corrected chi connectivity index (χ2v) is 15.0. The number of methoxy groups -OCH3 is 2. The minimum absolute atomic E-state index is 0.0870. The first-order valence-corrected chi connectivity index (χ1v) is 18.8. The SMILES string of the molecule is CNC(=O)N1CCc2c(-c3cc(OC)c(CN4CCC(N5Cc6cc7c(cc6C5)C(=O)N(C5CCC(=O)NC5=O)C7=O)CC4)c(OC)c3)cn(C)c(=O)c2C1. The van der Waals surface area contributed by atoms with Crippen molar-refractivity contribution in [3.63, 3.8) is 0 Å². The van der Waals surface area contributed by atoms with Gasteiger partial charge in [0, 0.05) is 70.1 Å². The zero-order chi connectivity index (χ0) is 38.7. The van der Waals surface area contributed by atoms with E-state index in [1.165, 1.54) is 0 Å². The van der Waals surface area contributed by atoms with E-state index in [2.05, 4.69) is 20.4 Å². The molecule has 6 heterocycles. The Morgan fingerprint density at radius 1 is 0.818 bits per heavy atom. The molecule has 6 amide bonds. The van der Waals surface area contributed by atoms with Gasteiger partial charge in [-0.3, -0.25) is 44.0 Å². The Labute approximate surface area is 318 Å². The lowest BCUT2D eigenvalue weighted by atomic mass is 9.91. The summed E-state index contributed by atoms with van der Waals surface area (Å²) in [6.07, 6.45) is 4.51. The topological polar surface area (TPSA) is 163 Å². The van der Waals surface area contributed by atoms with Gasteiger partial charge in [-0.15, -0.1) is 0 Å². The molecular formula is C40H45N7O8. The summed E-state index contributed by atoms with van der Waals surface area (Å²) in [5.41, 5.74) is 6.85. The van der Waals surface area contributed by atoms with Crippen molar-refractivity contribution in [1.29, 1.82) is 0 Å². The zero-order valence-electron chi connectivity index (χ0n) is 31.5. The number of nitrogens with zero attached hydrogens (tertiary/aromatic N) is 5. The number of hydrogen-bond acceptors (Lipinski definition) is 10. The van der Waals surface area contributed by atoms with Gasteiger partial charge in [-0.2, -0.15) is 0 Å². The van der Waals surface area contributed by atoms with Gasteiger partial charge < -0.3 is 24.3 Å². The molecule has 288 valence electrons. The van der Waals surface area contributed by atoms with Crippen LogP contribution in [0.3, 0.4) is 0 Å². The van der Waals surface area contributed by atoms with E-state index in [1.807, 2.05) is 30.5 Å². The number of ether oxygens (including phenoxy) is 2. The molecule has 0 spiro atoms. The Balaban J connectivity index is 0.942. The molecule has 2 fully saturated rings. The summed E-state index contributed by atoms with van der Waals surface area (Å²) in [5, 5.41) is 4.91. The third-order valence-electron chi connectivity index (χ3n) is 12.0. The Morgan fingerprint density at radius 3 is 2.04 bits per heavy atom. The number of benzene rings is 2. The molecule has 0 saturated carbocycles. The van der Waals surface area contributed by atoms with Crippen molar-refractivity contribution in [2.75, 3.05) is 40.9 Å².